The van der Waals surface area contributed by atoms with E-state index in [9.17, 15) is 4.79 Å². The van der Waals surface area contributed by atoms with Crippen molar-refractivity contribution >= 4 is 29.3 Å². The SMILES string of the molecule is COc1ccc(-n2c(SCC(=O)N3CCCC[C@H]3C)nnc2-c2ccc(Cl)cc2)cc1. The Morgan fingerprint density at radius 2 is 1.87 bits per heavy atom. The predicted octanol–water partition coefficient (Wildman–Crippen LogP) is 5.09. The Bertz CT molecular complexity index is 1040. The number of ether oxygens (including phenoxy) is 1. The van der Waals surface area contributed by atoms with Crippen molar-refractivity contribution in [3.8, 4) is 22.8 Å². The summed E-state index contributed by atoms with van der Waals surface area (Å²) in [6.45, 7) is 2.96. The molecule has 0 radical (unpaired) electrons. The molecule has 1 saturated heterocycles. The monoisotopic (exact) mass is 456 g/mol. The number of piperidine rings is 1. The Morgan fingerprint density at radius 3 is 2.55 bits per heavy atom. The zero-order valence-electron chi connectivity index (χ0n) is 17.6. The highest BCUT2D eigenvalue weighted by Crippen LogP contribution is 2.30. The number of methoxy groups -OCH3 is 1. The molecule has 2 aromatic carbocycles. The number of amides is 1. The fraction of sp³-hybridized carbons (Fsp3) is 0.348. The molecule has 1 atom stereocenters. The van der Waals surface area contributed by atoms with Gasteiger partial charge in [-0.05, 0) is 74.7 Å². The maximum atomic E-state index is 12.8. The van der Waals surface area contributed by atoms with E-state index >= 15 is 0 Å². The number of aromatic nitrogens is 3. The minimum absolute atomic E-state index is 0.148. The van der Waals surface area contributed by atoms with E-state index in [2.05, 4.69) is 17.1 Å². The summed E-state index contributed by atoms with van der Waals surface area (Å²) in [5.41, 5.74) is 1.80. The van der Waals surface area contributed by atoms with Crippen LogP contribution < -0.4 is 4.74 Å². The fourth-order valence-electron chi connectivity index (χ4n) is 3.79. The lowest BCUT2D eigenvalue weighted by molar-refractivity contribution is -0.131. The lowest BCUT2D eigenvalue weighted by Crippen LogP contribution is -2.42. The standard InChI is InChI=1S/C23H25ClN4O2S/c1-16-5-3-4-14-27(16)21(29)15-31-23-26-25-22(17-6-8-18(24)9-7-17)28(23)19-10-12-20(30-2)13-11-19/h6-13,16H,3-5,14-15H2,1-2H3/t16-/m1/s1. The molecule has 1 aliphatic heterocycles. The quantitative estimate of drug-likeness (QED) is 0.483. The number of rotatable bonds is 6. The van der Waals surface area contributed by atoms with Gasteiger partial charge in [0.15, 0.2) is 11.0 Å². The third kappa shape index (κ3) is 4.88. The molecule has 1 aliphatic rings. The van der Waals surface area contributed by atoms with E-state index in [1.54, 1.807) is 7.11 Å². The van der Waals surface area contributed by atoms with Crippen LogP contribution in [0.15, 0.2) is 53.7 Å². The fourth-order valence-corrected chi connectivity index (χ4v) is 4.76. The van der Waals surface area contributed by atoms with Crippen LogP contribution in [0.5, 0.6) is 5.75 Å². The highest BCUT2D eigenvalue weighted by atomic mass is 35.5. The van der Waals surface area contributed by atoms with Crippen LogP contribution in [0.2, 0.25) is 5.02 Å². The Morgan fingerprint density at radius 1 is 1.13 bits per heavy atom. The van der Waals surface area contributed by atoms with Crippen molar-refractivity contribution in [2.75, 3.05) is 19.4 Å². The second-order valence-electron chi connectivity index (χ2n) is 7.57. The van der Waals surface area contributed by atoms with Crippen molar-refractivity contribution in [1.29, 1.82) is 0 Å². The van der Waals surface area contributed by atoms with Gasteiger partial charge in [0.1, 0.15) is 5.75 Å². The Hall–Kier alpha value is -2.51. The van der Waals surface area contributed by atoms with Gasteiger partial charge in [-0.1, -0.05) is 23.4 Å². The van der Waals surface area contributed by atoms with Crippen molar-refractivity contribution in [2.24, 2.45) is 0 Å². The molecule has 2 heterocycles. The van der Waals surface area contributed by atoms with Crippen LogP contribution in [-0.4, -0.2) is 51.0 Å². The third-order valence-corrected chi connectivity index (χ3v) is 6.68. The van der Waals surface area contributed by atoms with Crippen molar-refractivity contribution in [1.82, 2.24) is 19.7 Å². The first kappa shape index (κ1) is 21.7. The van der Waals surface area contributed by atoms with Gasteiger partial charge in [0.2, 0.25) is 5.91 Å². The summed E-state index contributed by atoms with van der Waals surface area (Å²) in [4.78, 5) is 14.8. The van der Waals surface area contributed by atoms with Gasteiger partial charge in [-0.25, -0.2) is 0 Å². The van der Waals surface area contributed by atoms with Gasteiger partial charge >= 0.3 is 0 Å². The number of likely N-dealkylation sites (tertiary alicyclic amines) is 1. The maximum absolute atomic E-state index is 12.8. The van der Waals surface area contributed by atoms with Gasteiger partial charge in [0.05, 0.1) is 12.9 Å². The Kier molecular flexibility index (Phi) is 6.83. The average Bonchev–Trinajstić information content (AvgIpc) is 3.22. The molecule has 1 fully saturated rings. The lowest BCUT2D eigenvalue weighted by Gasteiger charge is -2.33. The molecule has 0 saturated carbocycles. The molecule has 0 N–H and O–H groups in total. The van der Waals surface area contributed by atoms with Crippen LogP contribution in [0, 0.1) is 0 Å². The van der Waals surface area contributed by atoms with Gasteiger partial charge in [-0.2, -0.15) is 0 Å². The van der Waals surface area contributed by atoms with Crippen LogP contribution in [0.25, 0.3) is 17.1 Å². The van der Waals surface area contributed by atoms with E-state index in [0.29, 0.717) is 27.8 Å². The van der Waals surface area contributed by atoms with E-state index in [0.717, 1.165) is 36.4 Å². The van der Waals surface area contributed by atoms with E-state index < -0.39 is 0 Å². The third-order valence-electron chi connectivity index (χ3n) is 5.51. The minimum atomic E-state index is 0.148. The average molecular weight is 457 g/mol. The van der Waals surface area contributed by atoms with Crippen molar-refractivity contribution in [2.45, 2.75) is 37.4 Å². The van der Waals surface area contributed by atoms with E-state index in [4.69, 9.17) is 16.3 Å². The number of carbonyl (C=O) groups is 1. The normalized spacial score (nSPS) is 16.4. The lowest BCUT2D eigenvalue weighted by atomic mass is 10.0. The number of thioether (sulfide) groups is 1. The smallest absolute Gasteiger partial charge is 0.233 e. The Balaban J connectivity index is 1.63. The van der Waals surface area contributed by atoms with Gasteiger partial charge < -0.3 is 9.64 Å². The first-order valence-electron chi connectivity index (χ1n) is 10.3. The van der Waals surface area contributed by atoms with E-state index in [1.807, 2.05) is 58.0 Å². The number of nitrogens with zero attached hydrogens (tertiary/aromatic N) is 4. The molecule has 4 rings (SSSR count). The molecule has 0 aliphatic carbocycles. The second kappa shape index (κ2) is 9.75. The Labute approximate surface area is 191 Å². The molecular formula is C23H25ClN4O2S. The summed E-state index contributed by atoms with van der Waals surface area (Å²) in [6, 6.07) is 15.5. The van der Waals surface area contributed by atoms with Crippen LogP contribution in [0.4, 0.5) is 0 Å². The molecule has 3 aromatic rings. The number of hydrogen-bond donors (Lipinski definition) is 0. The topological polar surface area (TPSA) is 60.2 Å². The summed E-state index contributed by atoms with van der Waals surface area (Å²) in [7, 11) is 1.64. The van der Waals surface area contributed by atoms with Crippen LogP contribution in [0.3, 0.4) is 0 Å². The number of carbonyl (C=O) groups excluding carboxylic acids is 1. The van der Waals surface area contributed by atoms with Crippen molar-refractivity contribution in [3.63, 3.8) is 0 Å². The minimum Gasteiger partial charge on any atom is -0.497 e. The molecule has 0 bridgehead atoms. The van der Waals surface area contributed by atoms with Crippen molar-refractivity contribution < 1.29 is 9.53 Å². The molecule has 1 aromatic heterocycles. The van der Waals surface area contributed by atoms with Crippen molar-refractivity contribution in [3.05, 3.63) is 53.6 Å². The van der Waals surface area contributed by atoms with Gasteiger partial charge in [0.25, 0.3) is 0 Å². The largest absolute Gasteiger partial charge is 0.497 e. The van der Waals surface area contributed by atoms with Crippen LogP contribution in [-0.2, 0) is 4.79 Å². The maximum Gasteiger partial charge on any atom is 0.233 e. The van der Waals surface area contributed by atoms with Crippen LogP contribution >= 0.6 is 23.4 Å². The van der Waals surface area contributed by atoms with Crippen LogP contribution in [0.1, 0.15) is 26.2 Å². The molecule has 8 heteroatoms. The zero-order chi connectivity index (χ0) is 21.8. The van der Waals surface area contributed by atoms with Gasteiger partial charge in [0, 0.05) is 28.9 Å². The molecule has 31 heavy (non-hydrogen) atoms. The zero-order valence-corrected chi connectivity index (χ0v) is 19.2. The van der Waals surface area contributed by atoms with E-state index in [1.165, 1.54) is 18.2 Å². The highest BCUT2D eigenvalue weighted by molar-refractivity contribution is 7.99. The molecule has 0 spiro atoms. The number of benzene rings is 2. The molecule has 1 amide bonds. The summed E-state index contributed by atoms with van der Waals surface area (Å²) < 4.78 is 7.26. The summed E-state index contributed by atoms with van der Waals surface area (Å²) in [5, 5.41) is 10.2. The van der Waals surface area contributed by atoms with Gasteiger partial charge in [-0.3, -0.25) is 9.36 Å². The van der Waals surface area contributed by atoms with E-state index in [-0.39, 0.29) is 5.91 Å². The molecule has 0 unspecified atom stereocenters. The first-order valence-corrected chi connectivity index (χ1v) is 11.7. The second-order valence-corrected chi connectivity index (χ2v) is 8.95. The summed E-state index contributed by atoms with van der Waals surface area (Å²) in [5.74, 6) is 1.95. The number of halogens is 1. The number of hydrogen-bond acceptors (Lipinski definition) is 5. The van der Waals surface area contributed by atoms with Gasteiger partial charge in [-0.15, -0.1) is 10.2 Å². The highest BCUT2D eigenvalue weighted by Gasteiger charge is 2.24. The molecule has 6 nitrogen and oxygen atoms in total. The molecule has 162 valence electrons. The first-order chi connectivity index (χ1) is 15.1. The summed E-state index contributed by atoms with van der Waals surface area (Å²) in [6.07, 6.45) is 3.33. The predicted molar refractivity (Wildman–Crippen MR) is 124 cm³/mol. The summed E-state index contributed by atoms with van der Waals surface area (Å²) >= 11 is 7.48. The molecular weight excluding hydrogens is 432 g/mol.